The van der Waals surface area contributed by atoms with Gasteiger partial charge in [-0.1, -0.05) is 6.07 Å². The highest BCUT2D eigenvalue weighted by molar-refractivity contribution is 14.0. The van der Waals surface area contributed by atoms with Gasteiger partial charge in [0.05, 0.1) is 13.7 Å². The van der Waals surface area contributed by atoms with Crippen molar-refractivity contribution in [3.05, 3.63) is 42.1 Å². The summed E-state index contributed by atoms with van der Waals surface area (Å²) in [5.41, 5.74) is 1.95. The third-order valence-corrected chi connectivity index (χ3v) is 4.31. The van der Waals surface area contributed by atoms with Crippen LogP contribution in [0.5, 0.6) is 11.5 Å². The van der Waals surface area contributed by atoms with Crippen LogP contribution in [0.4, 0.5) is 11.5 Å². The average Bonchev–Trinajstić information content (AvgIpc) is 2.74. The Hall–Kier alpha value is -2.23. The van der Waals surface area contributed by atoms with Gasteiger partial charge in [-0.15, -0.1) is 24.0 Å². The van der Waals surface area contributed by atoms with Crippen LogP contribution in [0.3, 0.4) is 0 Å². The first-order valence-corrected chi connectivity index (χ1v) is 9.63. The van der Waals surface area contributed by atoms with Crippen molar-refractivity contribution in [2.75, 3.05) is 44.1 Å². The number of rotatable bonds is 9. The molecule has 0 saturated heterocycles. The average molecular weight is 513 g/mol. The van der Waals surface area contributed by atoms with Gasteiger partial charge in [-0.05, 0) is 44.5 Å². The summed E-state index contributed by atoms with van der Waals surface area (Å²) in [5, 5.41) is 6.57. The van der Waals surface area contributed by atoms with Gasteiger partial charge in [-0.3, -0.25) is 4.99 Å². The van der Waals surface area contributed by atoms with Gasteiger partial charge < -0.3 is 25.0 Å². The number of aromatic nitrogens is 1. The maximum Gasteiger partial charge on any atom is 0.195 e. The van der Waals surface area contributed by atoms with E-state index in [0.29, 0.717) is 24.9 Å². The molecular weight excluding hydrogens is 481 g/mol. The topological polar surface area (TPSA) is 71.0 Å². The first-order valence-electron chi connectivity index (χ1n) is 9.63. The molecule has 0 aliphatic rings. The fourth-order valence-corrected chi connectivity index (χ4v) is 2.78. The van der Waals surface area contributed by atoms with Gasteiger partial charge in [0.1, 0.15) is 5.82 Å². The minimum Gasteiger partial charge on any atom is -0.493 e. The fraction of sp³-hybridized carbons (Fsp3) is 0.429. The van der Waals surface area contributed by atoms with E-state index in [1.54, 1.807) is 14.2 Å². The second-order valence-corrected chi connectivity index (χ2v) is 6.05. The molecule has 0 aliphatic carbocycles. The minimum atomic E-state index is 0. The Bertz CT molecular complexity index is 764. The highest BCUT2D eigenvalue weighted by atomic mass is 127. The molecule has 0 amide bonds. The van der Waals surface area contributed by atoms with Crippen LogP contribution in [0.1, 0.15) is 26.3 Å². The van der Waals surface area contributed by atoms with E-state index >= 15 is 0 Å². The van der Waals surface area contributed by atoms with Gasteiger partial charge in [0.15, 0.2) is 17.5 Å². The summed E-state index contributed by atoms with van der Waals surface area (Å²) in [6.45, 7) is 9.32. The van der Waals surface area contributed by atoms with Crippen molar-refractivity contribution in [2.45, 2.75) is 27.3 Å². The van der Waals surface area contributed by atoms with Gasteiger partial charge in [-0.2, -0.15) is 0 Å². The van der Waals surface area contributed by atoms with E-state index in [-0.39, 0.29) is 24.0 Å². The number of guanidine groups is 1. The Morgan fingerprint density at radius 3 is 2.41 bits per heavy atom. The predicted molar refractivity (Wildman–Crippen MR) is 131 cm³/mol. The lowest BCUT2D eigenvalue weighted by molar-refractivity contribution is 0.311. The molecule has 0 bridgehead atoms. The predicted octanol–water partition coefficient (Wildman–Crippen LogP) is 4.14. The number of hydrogen-bond acceptors (Lipinski definition) is 5. The zero-order chi connectivity index (χ0) is 20.4. The summed E-state index contributed by atoms with van der Waals surface area (Å²) >= 11 is 0. The monoisotopic (exact) mass is 513 g/mol. The third-order valence-electron chi connectivity index (χ3n) is 4.31. The summed E-state index contributed by atoms with van der Waals surface area (Å²) in [7, 11) is 3.37. The quantitative estimate of drug-likeness (QED) is 0.299. The molecule has 2 aromatic rings. The highest BCUT2D eigenvalue weighted by Gasteiger charge is 2.07. The van der Waals surface area contributed by atoms with Gasteiger partial charge in [0.2, 0.25) is 0 Å². The van der Waals surface area contributed by atoms with Crippen molar-refractivity contribution < 1.29 is 9.47 Å². The van der Waals surface area contributed by atoms with E-state index in [2.05, 4.69) is 51.5 Å². The maximum atomic E-state index is 5.55. The van der Waals surface area contributed by atoms with Crippen LogP contribution in [0.15, 0.2) is 41.5 Å². The van der Waals surface area contributed by atoms with Crippen LogP contribution in [-0.2, 0) is 6.54 Å². The van der Waals surface area contributed by atoms with Crippen molar-refractivity contribution in [3.63, 3.8) is 0 Å². The molecule has 0 fully saturated rings. The lowest BCUT2D eigenvalue weighted by Crippen LogP contribution is -2.30. The van der Waals surface area contributed by atoms with E-state index in [9.17, 15) is 0 Å². The first kappa shape index (κ1) is 24.8. The second-order valence-electron chi connectivity index (χ2n) is 6.05. The molecule has 1 aromatic carbocycles. The third kappa shape index (κ3) is 7.26. The zero-order valence-electron chi connectivity index (χ0n) is 17.9. The second kappa shape index (κ2) is 13.1. The number of pyridine rings is 1. The molecule has 0 radical (unpaired) electrons. The zero-order valence-corrected chi connectivity index (χ0v) is 20.2. The van der Waals surface area contributed by atoms with E-state index < -0.39 is 0 Å². The smallest absolute Gasteiger partial charge is 0.195 e. The number of methoxy groups -OCH3 is 1. The SMILES string of the molecule is CCOc1ccc(NC(=NC)NCc2ccc(N(CC)CC)nc2)cc1OC.I. The summed E-state index contributed by atoms with van der Waals surface area (Å²) < 4.78 is 10.9. The maximum absolute atomic E-state index is 5.55. The van der Waals surface area contributed by atoms with Gasteiger partial charge in [0, 0.05) is 44.6 Å². The number of halogens is 1. The lowest BCUT2D eigenvalue weighted by atomic mass is 10.2. The van der Waals surface area contributed by atoms with Crippen LogP contribution in [-0.4, -0.2) is 44.8 Å². The standard InChI is InChI=1S/C21H31N5O2.HI/c1-6-26(7-2)20-12-9-16(14-23-20)15-24-21(22-4)25-17-10-11-18(28-8-3)19(13-17)27-5;/h9-14H,6-8,15H2,1-5H3,(H2,22,24,25);1H. The molecule has 0 spiro atoms. The molecule has 160 valence electrons. The minimum absolute atomic E-state index is 0. The number of anilines is 2. The van der Waals surface area contributed by atoms with Gasteiger partial charge in [-0.25, -0.2) is 4.98 Å². The molecule has 1 heterocycles. The molecular formula is C21H32IN5O2. The number of nitrogens with zero attached hydrogens (tertiary/aromatic N) is 3. The fourth-order valence-electron chi connectivity index (χ4n) is 2.78. The Balaban J connectivity index is 0.00000420. The summed E-state index contributed by atoms with van der Waals surface area (Å²) in [6.07, 6.45) is 1.90. The molecule has 1 aromatic heterocycles. The molecule has 7 nitrogen and oxygen atoms in total. The van der Waals surface area contributed by atoms with Crippen LogP contribution in [0.25, 0.3) is 0 Å². The Kier molecular flexibility index (Phi) is 11.2. The van der Waals surface area contributed by atoms with Crippen molar-refractivity contribution in [1.29, 1.82) is 0 Å². The molecule has 0 atom stereocenters. The number of aliphatic imine (C=N–C) groups is 1. The summed E-state index contributed by atoms with van der Waals surface area (Å²) in [6, 6.07) is 9.84. The van der Waals surface area contributed by atoms with Crippen molar-refractivity contribution >= 4 is 41.4 Å². The van der Waals surface area contributed by atoms with E-state index in [0.717, 1.165) is 35.9 Å². The van der Waals surface area contributed by atoms with Crippen LogP contribution >= 0.6 is 24.0 Å². The number of benzene rings is 1. The highest BCUT2D eigenvalue weighted by Crippen LogP contribution is 2.30. The van der Waals surface area contributed by atoms with Crippen LogP contribution in [0, 0.1) is 0 Å². The largest absolute Gasteiger partial charge is 0.493 e. The van der Waals surface area contributed by atoms with Crippen molar-refractivity contribution in [2.24, 2.45) is 4.99 Å². The van der Waals surface area contributed by atoms with Gasteiger partial charge in [0.25, 0.3) is 0 Å². The van der Waals surface area contributed by atoms with E-state index in [4.69, 9.17) is 9.47 Å². The Morgan fingerprint density at radius 2 is 1.86 bits per heavy atom. The molecule has 8 heteroatoms. The van der Waals surface area contributed by atoms with Crippen LogP contribution in [0.2, 0.25) is 0 Å². The summed E-state index contributed by atoms with van der Waals surface area (Å²) in [5.74, 6) is 3.06. The normalized spacial score (nSPS) is 10.7. The molecule has 2 N–H and O–H groups in total. The van der Waals surface area contributed by atoms with Gasteiger partial charge >= 0.3 is 0 Å². The van der Waals surface area contributed by atoms with E-state index in [1.165, 1.54) is 0 Å². The van der Waals surface area contributed by atoms with Crippen LogP contribution < -0.4 is 25.0 Å². The van der Waals surface area contributed by atoms with E-state index in [1.807, 2.05) is 31.3 Å². The Morgan fingerprint density at radius 1 is 1.10 bits per heavy atom. The van der Waals surface area contributed by atoms with Crippen molar-refractivity contribution in [3.8, 4) is 11.5 Å². The number of nitrogens with one attached hydrogen (secondary N) is 2. The molecule has 0 unspecified atom stereocenters. The summed E-state index contributed by atoms with van der Waals surface area (Å²) in [4.78, 5) is 11.1. The lowest BCUT2D eigenvalue weighted by Gasteiger charge is -2.19. The number of ether oxygens (including phenoxy) is 2. The molecule has 29 heavy (non-hydrogen) atoms. The molecule has 0 saturated carbocycles. The Labute approximate surface area is 190 Å². The number of hydrogen-bond donors (Lipinski definition) is 2. The van der Waals surface area contributed by atoms with Crippen molar-refractivity contribution in [1.82, 2.24) is 10.3 Å². The first-order chi connectivity index (χ1) is 13.6. The molecule has 0 aliphatic heterocycles. The molecule has 2 rings (SSSR count).